The molecular formula is C12H16FN5O2S. The van der Waals surface area contributed by atoms with E-state index in [2.05, 4.69) is 14.8 Å². The average Bonchev–Trinajstić information content (AvgIpc) is 2.84. The molecule has 9 heteroatoms. The van der Waals surface area contributed by atoms with E-state index >= 15 is 0 Å². The van der Waals surface area contributed by atoms with Gasteiger partial charge in [-0.25, -0.2) is 22.5 Å². The fourth-order valence-electron chi connectivity index (χ4n) is 1.75. The molecule has 0 radical (unpaired) electrons. The van der Waals surface area contributed by atoms with Crippen molar-refractivity contribution in [3.63, 3.8) is 0 Å². The molecule has 1 aromatic heterocycles. The molecule has 1 aromatic carbocycles. The van der Waals surface area contributed by atoms with E-state index in [0.29, 0.717) is 17.8 Å². The van der Waals surface area contributed by atoms with Crippen molar-refractivity contribution in [2.75, 3.05) is 6.54 Å². The smallest absolute Gasteiger partial charge is 0.243 e. The zero-order valence-corrected chi connectivity index (χ0v) is 12.3. The number of nitrogens with zero attached hydrogens (tertiary/aromatic N) is 3. The van der Waals surface area contributed by atoms with Crippen molar-refractivity contribution in [2.24, 2.45) is 12.8 Å². The Morgan fingerprint density at radius 1 is 1.43 bits per heavy atom. The van der Waals surface area contributed by atoms with Gasteiger partial charge in [0.2, 0.25) is 10.0 Å². The number of aromatic nitrogens is 3. The van der Waals surface area contributed by atoms with Gasteiger partial charge in [0.15, 0.2) is 5.82 Å². The normalized spacial score (nSPS) is 11.8. The quantitative estimate of drug-likeness (QED) is 0.777. The van der Waals surface area contributed by atoms with Gasteiger partial charge >= 0.3 is 0 Å². The van der Waals surface area contributed by atoms with Crippen LogP contribution in [0.2, 0.25) is 0 Å². The van der Waals surface area contributed by atoms with Crippen molar-refractivity contribution < 1.29 is 12.8 Å². The summed E-state index contributed by atoms with van der Waals surface area (Å²) in [4.78, 5) is 3.58. The van der Waals surface area contributed by atoms with Crippen LogP contribution >= 0.6 is 0 Å². The first-order chi connectivity index (χ1) is 9.92. The molecule has 3 N–H and O–H groups in total. The number of benzene rings is 1. The van der Waals surface area contributed by atoms with Crippen LogP contribution in [0.4, 0.5) is 4.39 Å². The van der Waals surface area contributed by atoms with Gasteiger partial charge in [-0.05, 0) is 17.7 Å². The third kappa shape index (κ3) is 3.84. The van der Waals surface area contributed by atoms with E-state index in [1.165, 1.54) is 23.1 Å². The molecule has 2 rings (SSSR count). The number of sulfonamides is 1. The zero-order chi connectivity index (χ0) is 15.5. The molecule has 2 aromatic rings. The van der Waals surface area contributed by atoms with Crippen molar-refractivity contribution in [2.45, 2.75) is 17.9 Å². The summed E-state index contributed by atoms with van der Waals surface area (Å²) < 4.78 is 41.7. The predicted molar refractivity (Wildman–Crippen MR) is 74.2 cm³/mol. The highest BCUT2D eigenvalue weighted by atomic mass is 32.2. The third-order valence-electron chi connectivity index (χ3n) is 2.81. The molecule has 0 atom stereocenters. The van der Waals surface area contributed by atoms with E-state index in [9.17, 15) is 12.8 Å². The molecule has 0 unspecified atom stereocenters. The van der Waals surface area contributed by atoms with E-state index < -0.39 is 20.7 Å². The van der Waals surface area contributed by atoms with Gasteiger partial charge in [0.25, 0.3) is 0 Å². The Bertz CT molecular complexity index is 729. The van der Waals surface area contributed by atoms with Crippen LogP contribution in [0.25, 0.3) is 0 Å². The summed E-state index contributed by atoms with van der Waals surface area (Å²) in [5.41, 5.74) is 5.98. The molecular weight excluding hydrogens is 297 g/mol. The Morgan fingerprint density at radius 2 is 2.19 bits per heavy atom. The minimum atomic E-state index is -3.93. The molecule has 1 heterocycles. The van der Waals surface area contributed by atoms with Gasteiger partial charge in [-0.2, -0.15) is 5.10 Å². The van der Waals surface area contributed by atoms with Gasteiger partial charge in [-0.1, -0.05) is 6.07 Å². The van der Waals surface area contributed by atoms with E-state index in [1.807, 2.05) is 0 Å². The Labute approximate surface area is 122 Å². The van der Waals surface area contributed by atoms with Gasteiger partial charge in [-0.15, -0.1) is 0 Å². The summed E-state index contributed by atoms with van der Waals surface area (Å²) in [7, 11) is -2.21. The second-order valence-electron chi connectivity index (χ2n) is 4.45. The summed E-state index contributed by atoms with van der Waals surface area (Å²) in [5.74, 6) is -0.299. The lowest BCUT2D eigenvalue weighted by Gasteiger charge is -2.08. The summed E-state index contributed by atoms with van der Waals surface area (Å²) in [5, 5.41) is 4.03. The largest absolute Gasteiger partial charge is 0.326 e. The van der Waals surface area contributed by atoms with Crippen LogP contribution in [0.3, 0.4) is 0 Å². The maximum absolute atomic E-state index is 13.7. The monoisotopic (exact) mass is 313 g/mol. The van der Waals surface area contributed by atoms with E-state index in [4.69, 9.17) is 5.73 Å². The summed E-state index contributed by atoms with van der Waals surface area (Å²) in [6.45, 7) is 0.222. The number of hydrogen-bond donors (Lipinski definition) is 2. The van der Waals surface area contributed by atoms with Gasteiger partial charge in [0, 0.05) is 26.6 Å². The van der Waals surface area contributed by atoms with Crippen LogP contribution in [-0.2, 0) is 30.0 Å². The number of nitrogens with two attached hydrogens (primary N) is 1. The highest BCUT2D eigenvalue weighted by molar-refractivity contribution is 7.89. The lowest BCUT2D eigenvalue weighted by atomic mass is 10.2. The standard InChI is InChI=1S/C12H16FN5O2S/c1-18-8-15-12(17-18)4-5-16-21(19,20)11-6-9(7-14)2-3-10(11)13/h2-3,6,8,16H,4-5,7,14H2,1H3. The summed E-state index contributed by atoms with van der Waals surface area (Å²) in [6.07, 6.45) is 1.84. The molecule has 0 aliphatic heterocycles. The first-order valence-electron chi connectivity index (χ1n) is 6.25. The molecule has 0 fully saturated rings. The molecule has 0 saturated heterocycles. The fraction of sp³-hybridized carbons (Fsp3) is 0.333. The highest BCUT2D eigenvalue weighted by Crippen LogP contribution is 2.16. The lowest BCUT2D eigenvalue weighted by molar-refractivity contribution is 0.556. The molecule has 0 spiro atoms. The second kappa shape index (κ2) is 6.29. The Hall–Kier alpha value is -1.84. The van der Waals surface area contributed by atoms with Crippen molar-refractivity contribution in [1.82, 2.24) is 19.5 Å². The minimum absolute atomic E-state index is 0.0820. The van der Waals surface area contributed by atoms with Gasteiger partial charge < -0.3 is 5.73 Å². The van der Waals surface area contributed by atoms with Gasteiger partial charge in [0.1, 0.15) is 17.0 Å². The van der Waals surface area contributed by atoms with Crippen LogP contribution in [0.15, 0.2) is 29.4 Å². The predicted octanol–water partition coefficient (Wildman–Crippen LogP) is -0.0661. The molecule has 0 bridgehead atoms. The van der Waals surface area contributed by atoms with Gasteiger partial charge in [-0.3, -0.25) is 4.68 Å². The van der Waals surface area contributed by atoms with Crippen molar-refractivity contribution >= 4 is 10.0 Å². The number of hydrogen-bond acceptors (Lipinski definition) is 5. The van der Waals surface area contributed by atoms with Crippen LogP contribution in [0, 0.1) is 5.82 Å². The van der Waals surface area contributed by atoms with Crippen LogP contribution in [0.5, 0.6) is 0 Å². The maximum atomic E-state index is 13.7. The number of nitrogens with one attached hydrogen (secondary N) is 1. The van der Waals surface area contributed by atoms with Crippen LogP contribution in [-0.4, -0.2) is 29.7 Å². The highest BCUT2D eigenvalue weighted by Gasteiger charge is 2.19. The van der Waals surface area contributed by atoms with Crippen molar-refractivity contribution in [3.05, 3.63) is 41.7 Å². The summed E-state index contributed by atoms with van der Waals surface area (Å²) >= 11 is 0. The molecule has 0 aliphatic carbocycles. The molecule has 0 saturated carbocycles. The average molecular weight is 313 g/mol. The molecule has 114 valence electrons. The Kier molecular flexibility index (Phi) is 4.66. The molecule has 0 aliphatic rings. The van der Waals surface area contributed by atoms with Crippen LogP contribution in [0.1, 0.15) is 11.4 Å². The van der Waals surface area contributed by atoms with E-state index in [1.54, 1.807) is 7.05 Å². The Morgan fingerprint density at radius 3 is 2.81 bits per heavy atom. The second-order valence-corrected chi connectivity index (χ2v) is 6.19. The SMILES string of the molecule is Cn1cnc(CCNS(=O)(=O)c2cc(CN)ccc2F)n1. The number of halogens is 1. The number of rotatable bonds is 6. The summed E-state index contributed by atoms with van der Waals surface area (Å²) in [6, 6.07) is 3.78. The first-order valence-corrected chi connectivity index (χ1v) is 7.73. The number of aryl methyl sites for hydroxylation is 1. The first kappa shape index (κ1) is 15.5. The van der Waals surface area contributed by atoms with Crippen molar-refractivity contribution in [3.8, 4) is 0 Å². The Balaban J connectivity index is 2.07. The van der Waals surface area contributed by atoms with Crippen molar-refractivity contribution in [1.29, 1.82) is 0 Å². The zero-order valence-electron chi connectivity index (χ0n) is 11.5. The van der Waals surface area contributed by atoms with Gasteiger partial charge in [0.05, 0.1) is 0 Å². The van der Waals surface area contributed by atoms with E-state index in [-0.39, 0.29) is 13.1 Å². The third-order valence-corrected chi connectivity index (χ3v) is 4.28. The minimum Gasteiger partial charge on any atom is -0.326 e. The fourth-order valence-corrected chi connectivity index (χ4v) is 2.91. The lowest BCUT2D eigenvalue weighted by Crippen LogP contribution is -2.27. The molecule has 7 nitrogen and oxygen atoms in total. The maximum Gasteiger partial charge on any atom is 0.243 e. The van der Waals surface area contributed by atoms with Crippen LogP contribution < -0.4 is 10.5 Å². The molecule has 0 amide bonds. The topological polar surface area (TPSA) is 103 Å². The van der Waals surface area contributed by atoms with E-state index in [0.717, 1.165) is 6.07 Å². The molecule has 21 heavy (non-hydrogen) atoms.